The van der Waals surface area contributed by atoms with E-state index in [1.54, 1.807) is 5.32 Å². The highest BCUT2D eigenvalue weighted by Crippen LogP contribution is 2.52. The van der Waals surface area contributed by atoms with Gasteiger partial charge < -0.3 is 4.74 Å². The molecule has 0 aliphatic heterocycles. The van der Waals surface area contributed by atoms with Crippen LogP contribution in [0.1, 0.15) is 25.8 Å². The molecule has 1 aromatic rings. The fourth-order valence-electron chi connectivity index (χ4n) is 1.10. The molecule has 1 aromatic heterocycles. The molecule has 1 N–H and O–H groups in total. The molecule has 1 amide bonds. The second kappa shape index (κ2) is 5.76. The summed E-state index contributed by atoms with van der Waals surface area (Å²) in [5.74, 6) is -12.0. The van der Waals surface area contributed by atoms with Crippen molar-refractivity contribution in [1.29, 1.82) is 0 Å². The zero-order valence-electron chi connectivity index (χ0n) is 11.8. The van der Waals surface area contributed by atoms with Crippen molar-refractivity contribution in [1.82, 2.24) is 10.2 Å². The van der Waals surface area contributed by atoms with Crippen LogP contribution in [0.3, 0.4) is 0 Å². The van der Waals surface area contributed by atoms with Crippen LogP contribution in [0.5, 0.6) is 0 Å². The lowest BCUT2D eigenvalue weighted by molar-refractivity contribution is -0.359. The van der Waals surface area contributed by atoms with Gasteiger partial charge in [0.2, 0.25) is 5.13 Å². The zero-order chi connectivity index (χ0) is 18.3. The molecule has 132 valence electrons. The van der Waals surface area contributed by atoms with E-state index in [-0.39, 0.29) is 11.3 Å². The van der Waals surface area contributed by atoms with Gasteiger partial charge >= 0.3 is 24.1 Å². The average molecular weight is 369 g/mol. The van der Waals surface area contributed by atoms with E-state index in [1.165, 1.54) is 20.8 Å². The molecule has 0 spiro atoms. The van der Waals surface area contributed by atoms with E-state index in [9.17, 15) is 35.5 Å². The fraction of sp³-hybridized carbons (Fsp3) is 0.700. The lowest BCUT2D eigenvalue weighted by atomic mass is 10.2. The predicted molar refractivity (Wildman–Crippen MR) is 64.7 cm³/mol. The Hall–Kier alpha value is -1.66. The third kappa shape index (κ3) is 4.20. The number of amides is 1. The Kier molecular flexibility index (Phi) is 4.86. The van der Waals surface area contributed by atoms with E-state index in [0.29, 0.717) is 0 Å². The van der Waals surface area contributed by atoms with Crippen LogP contribution >= 0.6 is 11.3 Å². The summed E-state index contributed by atoms with van der Waals surface area (Å²) in [4.78, 5) is 11.3. The summed E-state index contributed by atoms with van der Waals surface area (Å²) < 4.78 is 93.3. The van der Waals surface area contributed by atoms with Gasteiger partial charge in [0, 0.05) is 0 Å². The zero-order valence-corrected chi connectivity index (χ0v) is 12.6. The van der Waals surface area contributed by atoms with Gasteiger partial charge in [-0.05, 0) is 20.8 Å². The molecule has 1 rings (SSSR count). The highest BCUT2D eigenvalue weighted by atomic mass is 32.1. The minimum absolute atomic E-state index is 0.327. The number of alkyl halides is 7. The van der Waals surface area contributed by atoms with Crippen LogP contribution in [0.2, 0.25) is 0 Å². The van der Waals surface area contributed by atoms with Gasteiger partial charge in [0.1, 0.15) is 5.60 Å². The van der Waals surface area contributed by atoms with E-state index in [0.717, 1.165) is 0 Å². The first kappa shape index (κ1) is 19.4. The number of carbonyl (C=O) groups is 1. The lowest BCUT2D eigenvalue weighted by Gasteiger charge is -2.25. The summed E-state index contributed by atoms with van der Waals surface area (Å²) in [6.45, 7) is 4.45. The van der Waals surface area contributed by atoms with Crippen molar-refractivity contribution in [2.45, 2.75) is 44.4 Å². The minimum Gasteiger partial charge on any atom is -0.444 e. The molecule has 0 unspecified atom stereocenters. The number of rotatable bonds is 3. The molecule has 13 heteroatoms. The number of anilines is 1. The molecule has 1 heterocycles. The van der Waals surface area contributed by atoms with Gasteiger partial charge in [-0.15, -0.1) is 10.2 Å². The first-order valence-electron chi connectivity index (χ1n) is 5.74. The smallest absolute Gasteiger partial charge is 0.444 e. The van der Waals surface area contributed by atoms with Gasteiger partial charge in [-0.3, -0.25) is 5.32 Å². The highest BCUT2D eigenvalue weighted by molar-refractivity contribution is 7.15. The second-order valence-electron chi connectivity index (χ2n) is 5.19. The normalized spacial score (nSPS) is 13.8. The van der Waals surface area contributed by atoms with E-state index < -0.39 is 39.9 Å². The molecular weight excluding hydrogens is 359 g/mol. The molecule has 5 nitrogen and oxygen atoms in total. The Morgan fingerprint density at radius 2 is 1.57 bits per heavy atom. The largest absolute Gasteiger partial charge is 0.460 e. The monoisotopic (exact) mass is 369 g/mol. The summed E-state index contributed by atoms with van der Waals surface area (Å²) >= 11 is -0.327. The average Bonchev–Trinajstić information content (AvgIpc) is 2.73. The van der Waals surface area contributed by atoms with Gasteiger partial charge in [-0.2, -0.15) is 30.7 Å². The van der Waals surface area contributed by atoms with E-state index >= 15 is 0 Å². The number of nitrogens with one attached hydrogen (secondary N) is 1. The molecule has 0 aliphatic carbocycles. The van der Waals surface area contributed by atoms with Crippen molar-refractivity contribution < 1.29 is 40.3 Å². The van der Waals surface area contributed by atoms with Crippen LogP contribution in [0.4, 0.5) is 40.7 Å². The maximum Gasteiger partial charge on any atom is 0.460 e. The number of carbonyl (C=O) groups excluding carboxylic acids is 1. The first-order valence-corrected chi connectivity index (χ1v) is 6.56. The van der Waals surface area contributed by atoms with Crippen molar-refractivity contribution in [2.24, 2.45) is 0 Å². The molecule has 0 atom stereocenters. The molecular formula is C10H10F7N3O2S. The third-order valence-corrected chi connectivity index (χ3v) is 2.96. The lowest BCUT2D eigenvalue weighted by Crippen LogP contribution is -2.50. The number of ether oxygens (including phenoxy) is 1. The maximum atomic E-state index is 13.3. The number of hydrogen-bond acceptors (Lipinski definition) is 5. The maximum absolute atomic E-state index is 13.3. The van der Waals surface area contributed by atoms with Crippen molar-refractivity contribution in [3.8, 4) is 0 Å². The summed E-state index contributed by atoms with van der Waals surface area (Å²) in [5, 5.41) is 4.70. The first-order chi connectivity index (χ1) is 10.1. The Bertz CT molecular complexity index is 580. The summed E-state index contributed by atoms with van der Waals surface area (Å²) in [6, 6.07) is 0. The molecule has 0 aromatic carbocycles. The van der Waals surface area contributed by atoms with E-state index in [4.69, 9.17) is 4.74 Å². The summed E-state index contributed by atoms with van der Waals surface area (Å²) in [5.41, 5.74) is -0.954. The van der Waals surface area contributed by atoms with E-state index in [2.05, 4.69) is 10.2 Å². The Labute approximate surface area is 128 Å². The quantitative estimate of drug-likeness (QED) is 0.812. The molecule has 0 saturated heterocycles. The van der Waals surface area contributed by atoms with Crippen molar-refractivity contribution in [3.05, 3.63) is 5.01 Å². The second-order valence-corrected chi connectivity index (χ2v) is 6.16. The fourth-order valence-corrected chi connectivity index (χ4v) is 1.84. The van der Waals surface area contributed by atoms with Gasteiger partial charge in [0.15, 0.2) is 5.01 Å². The molecule has 23 heavy (non-hydrogen) atoms. The Balaban J connectivity index is 2.97. The number of aromatic nitrogens is 2. The summed E-state index contributed by atoms with van der Waals surface area (Å²) in [6.07, 6.45) is -7.65. The molecule has 0 bridgehead atoms. The third-order valence-electron chi connectivity index (χ3n) is 2.05. The van der Waals surface area contributed by atoms with Gasteiger partial charge in [0.25, 0.3) is 0 Å². The van der Waals surface area contributed by atoms with Gasteiger partial charge in [-0.1, -0.05) is 11.3 Å². The van der Waals surface area contributed by atoms with Crippen LogP contribution in [0, 0.1) is 0 Å². The van der Waals surface area contributed by atoms with Crippen molar-refractivity contribution in [3.63, 3.8) is 0 Å². The highest BCUT2D eigenvalue weighted by Gasteiger charge is 2.75. The van der Waals surface area contributed by atoms with Crippen molar-refractivity contribution >= 4 is 22.6 Å². The Morgan fingerprint density at radius 3 is 2.00 bits per heavy atom. The number of nitrogens with zero attached hydrogens (tertiary/aromatic N) is 2. The van der Waals surface area contributed by atoms with Gasteiger partial charge in [-0.25, -0.2) is 4.79 Å². The molecule has 0 saturated carbocycles. The van der Waals surface area contributed by atoms with Crippen LogP contribution < -0.4 is 5.32 Å². The summed E-state index contributed by atoms with van der Waals surface area (Å²) in [7, 11) is 0. The molecule has 0 aliphatic rings. The molecule has 0 fully saturated rings. The Morgan fingerprint density at radius 1 is 1.04 bits per heavy atom. The minimum atomic E-state index is -6.49. The number of hydrogen-bond donors (Lipinski definition) is 1. The van der Waals surface area contributed by atoms with Crippen LogP contribution in [-0.4, -0.2) is 34.0 Å². The topological polar surface area (TPSA) is 64.1 Å². The van der Waals surface area contributed by atoms with E-state index in [1.807, 2.05) is 0 Å². The van der Waals surface area contributed by atoms with Crippen LogP contribution in [0.15, 0.2) is 0 Å². The van der Waals surface area contributed by atoms with Gasteiger partial charge in [0.05, 0.1) is 0 Å². The molecule has 0 radical (unpaired) electrons. The number of halogens is 7. The van der Waals surface area contributed by atoms with Crippen molar-refractivity contribution in [2.75, 3.05) is 5.32 Å². The SMILES string of the molecule is CC(C)(C)OC(=O)Nc1nnc(C(F)(F)C(F)(F)C(F)(F)F)s1. The predicted octanol–water partition coefficient (Wildman–Crippen LogP) is 4.17. The van der Waals surface area contributed by atoms with Crippen LogP contribution in [-0.2, 0) is 10.7 Å². The standard InChI is InChI=1S/C10H10F7N3O2S/c1-7(2,3)22-6(21)18-5-20-19-4(23-5)8(11,12)9(13,14)10(15,16)17/h1-3H3,(H,18,20,21). The van der Waals surface area contributed by atoms with Crippen LogP contribution in [0.25, 0.3) is 0 Å².